The first kappa shape index (κ1) is 22.2. The van der Waals surface area contributed by atoms with Crippen LogP contribution in [-0.2, 0) is 0 Å². The molecule has 1 fully saturated rings. The monoisotopic (exact) mass is 445 g/mol. The molecule has 32 heavy (non-hydrogen) atoms. The Bertz CT molecular complexity index is 1220. The number of benzene rings is 1. The van der Waals surface area contributed by atoms with Gasteiger partial charge in [-0.1, -0.05) is 32.3 Å². The molecule has 2 aromatic heterocycles. The van der Waals surface area contributed by atoms with Gasteiger partial charge in [-0.15, -0.1) is 11.8 Å². The van der Waals surface area contributed by atoms with Crippen LogP contribution < -0.4 is 10.5 Å². The van der Waals surface area contributed by atoms with E-state index in [1.54, 1.807) is 12.3 Å². The minimum atomic E-state index is -0.377. The number of pyridine rings is 1. The fourth-order valence-corrected chi connectivity index (χ4v) is 5.27. The predicted octanol–water partition coefficient (Wildman–Crippen LogP) is 5.14. The SMILES string of the molecule is CC[C@@H]1CCC[C@](N)(COc2cc(-c3cnc4cccc(C#N)n34)cc(SC)c2C#N)C1. The number of aromatic nitrogens is 2. The smallest absolute Gasteiger partial charge is 0.138 e. The zero-order valence-corrected chi connectivity index (χ0v) is 19.3. The third-order valence-corrected chi connectivity index (χ3v) is 7.17. The second-order valence-corrected chi connectivity index (χ2v) is 9.39. The quantitative estimate of drug-likeness (QED) is 0.527. The Balaban J connectivity index is 1.74. The molecule has 1 saturated carbocycles. The number of hydrogen-bond donors (Lipinski definition) is 1. The summed E-state index contributed by atoms with van der Waals surface area (Å²) in [5.74, 6) is 1.16. The van der Waals surface area contributed by atoms with Gasteiger partial charge in [0, 0.05) is 10.5 Å². The minimum absolute atomic E-state index is 0.377. The maximum atomic E-state index is 9.85. The van der Waals surface area contributed by atoms with Gasteiger partial charge in [0.25, 0.3) is 0 Å². The van der Waals surface area contributed by atoms with Crippen molar-refractivity contribution in [1.82, 2.24) is 9.38 Å². The molecule has 2 atom stereocenters. The molecule has 0 aliphatic heterocycles. The summed E-state index contributed by atoms with van der Waals surface area (Å²) >= 11 is 1.50. The van der Waals surface area contributed by atoms with Crippen molar-refractivity contribution in [3.8, 4) is 29.1 Å². The van der Waals surface area contributed by atoms with Crippen LogP contribution in [0.2, 0.25) is 0 Å². The standard InChI is InChI=1S/C25H27N5OS/c1-3-17-6-5-9-25(28,12-17)16-31-22-10-18(11-23(32-2)20(22)14-27)21-15-29-24-8-4-7-19(13-26)30(21)24/h4,7-8,10-11,15,17H,3,5-6,9,12,16,28H2,1-2H3/t17-,25-/m1/s1. The fourth-order valence-electron chi connectivity index (χ4n) is 4.67. The van der Waals surface area contributed by atoms with Gasteiger partial charge in [0.05, 0.1) is 17.4 Å². The summed E-state index contributed by atoms with van der Waals surface area (Å²) in [5.41, 5.74) is 9.69. The molecular formula is C25H27N5OS. The van der Waals surface area contributed by atoms with Crippen molar-refractivity contribution in [2.24, 2.45) is 11.7 Å². The van der Waals surface area contributed by atoms with E-state index in [1.165, 1.54) is 18.2 Å². The van der Waals surface area contributed by atoms with Crippen LogP contribution in [0.3, 0.4) is 0 Å². The minimum Gasteiger partial charge on any atom is -0.490 e. The molecule has 0 amide bonds. The summed E-state index contributed by atoms with van der Waals surface area (Å²) in [4.78, 5) is 5.28. The Morgan fingerprint density at radius 2 is 2.16 bits per heavy atom. The summed E-state index contributed by atoms with van der Waals surface area (Å²) in [7, 11) is 0. The average molecular weight is 446 g/mol. The van der Waals surface area contributed by atoms with Gasteiger partial charge in [-0.2, -0.15) is 10.5 Å². The summed E-state index contributed by atoms with van der Waals surface area (Å²) < 4.78 is 8.08. The van der Waals surface area contributed by atoms with E-state index in [0.29, 0.717) is 35.2 Å². The van der Waals surface area contributed by atoms with Crippen LogP contribution in [0.5, 0.6) is 5.75 Å². The molecule has 7 heteroatoms. The van der Waals surface area contributed by atoms with Crippen LogP contribution in [-0.4, -0.2) is 27.8 Å². The first-order valence-corrected chi connectivity index (χ1v) is 12.1. The van der Waals surface area contributed by atoms with E-state index in [2.05, 4.69) is 24.0 Å². The molecule has 0 spiro atoms. The Morgan fingerprint density at radius 1 is 1.31 bits per heavy atom. The van der Waals surface area contributed by atoms with Gasteiger partial charge >= 0.3 is 0 Å². The number of nitriles is 2. The highest BCUT2D eigenvalue weighted by molar-refractivity contribution is 7.98. The lowest BCUT2D eigenvalue weighted by Gasteiger charge is -2.37. The van der Waals surface area contributed by atoms with Crippen LogP contribution in [0.25, 0.3) is 16.9 Å². The number of imidazole rings is 1. The zero-order chi connectivity index (χ0) is 22.7. The lowest BCUT2D eigenvalue weighted by atomic mass is 9.76. The zero-order valence-electron chi connectivity index (χ0n) is 18.5. The number of nitrogens with zero attached hydrogens (tertiary/aromatic N) is 4. The van der Waals surface area contributed by atoms with Crippen LogP contribution in [0.1, 0.15) is 50.3 Å². The van der Waals surface area contributed by atoms with Gasteiger partial charge in [-0.05, 0) is 49.3 Å². The lowest BCUT2D eigenvalue weighted by molar-refractivity contribution is 0.140. The van der Waals surface area contributed by atoms with Crippen LogP contribution in [0.15, 0.2) is 41.4 Å². The first-order chi connectivity index (χ1) is 15.5. The molecule has 1 aliphatic rings. The van der Waals surface area contributed by atoms with Crippen molar-refractivity contribution >= 4 is 17.4 Å². The van der Waals surface area contributed by atoms with Gasteiger partial charge < -0.3 is 10.5 Å². The van der Waals surface area contributed by atoms with Gasteiger partial charge in [0.15, 0.2) is 0 Å². The number of fused-ring (bicyclic) bond motifs is 1. The molecule has 0 unspecified atom stereocenters. The van der Waals surface area contributed by atoms with Crippen molar-refractivity contribution in [2.45, 2.75) is 49.5 Å². The van der Waals surface area contributed by atoms with Crippen LogP contribution >= 0.6 is 11.8 Å². The third kappa shape index (κ3) is 4.19. The molecule has 1 aliphatic carbocycles. The highest BCUT2D eigenvalue weighted by Gasteiger charge is 2.33. The number of thioether (sulfide) groups is 1. The van der Waals surface area contributed by atoms with E-state index in [9.17, 15) is 10.5 Å². The van der Waals surface area contributed by atoms with E-state index in [4.69, 9.17) is 10.5 Å². The molecule has 6 nitrogen and oxygen atoms in total. The van der Waals surface area contributed by atoms with E-state index in [0.717, 1.165) is 41.8 Å². The molecule has 3 aromatic rings. The summed E-state index contributed by atoms with van der Waals surface area (Å²) in [6, 6.07) is 13.8. The van der Waals surface area contributed by atoms with Crippen molar-refractivity contribution < 1.29 is 4.74 Å². The highest BCUT2D eigenvalue weighted by Crippen LogP contribution is 2.37. The number of rotatable bonds is 6. The predicted molar refractivity (Wildman–Crippen MR) is 127 cm³/mol. The second kappa shape index (κ2) is 9.24. The van der Waals surface area contributed by atoms with E-state index in [1.807, 2.05) is 34.9 Å². The average Bonchev–Trinajstić information content (AvgIpc) is 3.26. The van der Waals surface area contributed by atoms with Gasteiger partial charge in [-0.3, -0.25) is 4.40 Å². The van der Waals surface area contributed by atoms with Crippen molar-refractivity contribution in [3.05, 3.63) is 47.8 Å². The van der Waals surface area contributed by atoms with Gasteiger partial charge in [-0.25, -0.2) is 4.98 Å². The molecule has 2 heterocycles. The number of ether oxygens (including phenoxy) is 1. The molecule has 0 radical (unpaired) electrons. The number of hydrogen-bond acceptors (Lipinski definition) is 6. The molecule has 0 bridgehead atoms. The molecular weight excluding hydrogens is 418 g/mol. The normalized spacial score (nSPS) is 20.6. The Labute approximate surface area is 193 Å². The third-order valence-electron chi connectivity index (χ3n) is 6.41. The molecule has 4 rings (SSSR count). The number of nitrogens with two attached hydrogens (primary N) is 1. The highest BCUT2D eigenvalue weighted by atomic mass is 32.2. The van der Waals surface area contributed by atoms with Crippen molar-refractivity contribution in [2.75, 3.05) is 12.9 Å². The van der Waals surface area contributed by atoms with Gasteiger partial charge in [0.2, 0.25) is 0 Å². The van der Waals surface area contributed by atoms with Crippen LogP contribution in [0, 0.1) is 28.6 Å². The molecule has 2 N–H and O–H groups in total. The van der Waals surface area contributed by atoms with Gasteiger partial charge in [0.1, 0.15) is 41.4 Å². The van der Waals surface area contributed by atoms with E-state index < -0.39 is 0 Å². The van der Waals surface area contributed by atoms with Crippen molar-refractivity contribution in [3.63, 3.8) is 0 Å². The van der Waals surface area contributed by atoms with Crippen LogP contribution in [0.4, 0.5) is 0 Å². The maximum Gasteiger partial charge on any atom is 0.138 e. The molecule has 164 valence electrons. The summed E-state index contributed by atoms with van der Waals surface area (Å²) in [5, 5.41) is 19.4. The Morgan fingerprint density at radius 3 is 2.88 bits per heavy atom. The maximum absolute atomic E-state index is 9.85. The second-order valence-electron chi connectivity index (χ2n) is 8.54. The molecule has 0 saturated heterocycles. The Hall–Kier alpha value is -3.00. The largest absolute Gasteiger partial charge is 0.490 e. The van der Waals surface area contributed by atoms with E-state index >= 15 is 0 Å². The van der Waals surface area contributed by atoms with E-state index in [-0.39, 0.29) is 5.54 Å². The summed E-state index contributed by atoms with van der Waals surface area (Å²) in [6.45, 7) is 2.59. The first-order valence-electron chi connectivity index (χ1n) is 10.9. The van der Waals surface area contributed by atoms with Crippen molar-refractivity contribution in [1.29, 1.82) is 10.5 Å². The lowest BCUT2D eigenvalue weighted by Crippen LogP contribution is -2.49. The topological polar surface area (TPSA) is 100 Å². The Kier molecular flexibility index (Phi) is 6.41. The fraction of sp³-hybridized carbons (Fsp3) is 0.400. The summed E-state index contributed by atoms with van der Waals surface area (Å²) in [6.07, 6.45) is 9.03. The molecule has 1 aromatic carbocycles.